The van der Waals surface area contributed by atoms with Gasteiger partial charge in [0.1, 0.15) is 11.6 Å². The Morgan fingerprint density at radius 3 is 2.62 bits per heavy atom. The van der Waals surface area contributed by atoms with Crippen LogP contribution in [0.2, 0.25) is 0 Å². The quantitative estimate of drug-likeness (QED) is 0.308. The number of nitrogens with zero attached hydrogens (tertiary/aromatic N) is 1. The van der Waals surface area contributed by atoms with Gasteiger partial charge in [0, 0.05) is 15.8 Å². The molecule has 0 saturated heterocycles. The van der Waals surface area contributed by atoms with Crippen LogP contribution in [0, 0.1) is 6.92 Å². The number of thiophene rings is 1. The number of aromatic amines is 1. The van der Waals surface area contributed by atoms with Gasteiger partial charge in [-0.25, -0.2) is 0 Å². The van der Waals surface area contributed by atoms with Crippen LogP contribution in [-0.2, 0) is 11.2 Å². The molecule has 1 aliphatic heterocycles. The Bertz CT molecular complexity index is 1690. The van der Waals surface area contributed by atoms with Crippen molar-refractivity contribution in [1.29, 1.82) is 0 Å². The number of carbonyl (C=O) groups excluding carboxylic acids is 1. The molecule has 184 valence electrons. The van der Waals surface area contributed by atoms with Crippen LogP contribution in [0.5, 0.6) is 17.4 Å². The van der Waals surface area contributed by atoms with Crippen LogP contribution in [0.3, 0.4) is 0 Å². The third kappa shape index (κ3) is 4.15. The summed E-state index contributed by atoms with van der Waals surface area (Å²) in [6, 6.07) is 22.9. The van der Waals surface area contributed by atoms with Crippen LogP contribution in [0.4, 0.5) is 5.69 Å². The molecule has 1 amide bonds. The van der Waals surface area contributed by atoms with Crippen LogP contribution >= 0.6 is 11.3 Å². The number of methoxy groups -OCH3 is 1. The predicted octanol–water partition coefficient (Wildman–Crippen LogP) is 5.77. The Balaban J connectivity index is 1.45. The lowest BCUT2D eigenvalue weighted by Gasteiger charge is -2.25. The lowest BCUT2D eigenvalue weighted by atomic mass is 9.89. The fourth-order valence-electron chi connectivity index (χ4n) is 4.69. The van der Waals surface area contributed by atoms with E-state index in [1.165, 1.54) is 0 Å². The van der Waals surface area contributed by atoms with Gasteiger partial charge in [-0.2, -0.15) is 4.98 Å². The minimum absolute atomic E-state index is 0.0929. The van der Waals surface area contributed by atoms with Gasteiger partial charge in [-0.3, -0.25) is 9.59 Å². The molecule has 2 N–H and O–H groups in total. The van der Waals surface area contributed by atoms with Gasteiger partial charge in [-0.1, -0.05) is 42.5 Å². The highest BCUT2D eigenvalue weighted by Gasteiger charge is 2.36. The van der Waals surface area contributed by atoms with E-state index in [0.717, 1.165) is 31.8 Å². The number of aromatic nitrogens is 2. The topological polar surface area (TPSA) is 93.3 Å². The number of H-pyrrole nitrogens is 1. The molecule has 1 unspecified atom stereocenters. The molecule has 6 rings (SSSR count). The van der Waals surface area contributed by atoms with Crippen molar-refractivity contribution >= 4 is 33.0 Å². The lowest BCUT2D eigenvalue weighted by molar-refractivity contribution is -0.115. The number of benzene rings is 3. The fourth-order valence-corrected chi connectivity index (χ4v) is 6.03. The highest BCUT2D eigenvalue weighted by Crippen LogP contribution is 2.53. The molecule has 3 heterocycles. The zero-order chi connectivity index (χ0) is 25.5. The molecule has 2 aromatic heterocycles. The summed E-state index contributed by atoms with van der Waals surface area (Å²) in [5.41, 5.74) is 2.84. The molecule has 8 heteroatoms. The molecule has 1 aliphatic rings. The van der Waals surface area contributed by atoms with Crippen molar-refractivity contribution < 1.29 is 14.3 Å². The van der Waals surface area contributed by atoms with E-state index >= 15 is 0 Å². The van der Waals surface area contributed by atoms with Crippen LogP contribution in [0.15, 0.2) is 77.6 Å². The number of carbonyl (C=O) groups is 1. The molecule has 7 nitrogen and oxygen atoms in total. The van der Waals surface area contributed by atoms with Crippen LogP contribution < -0.4 is 20.3 Å². The maximum absolute atomic E-state index is 13.5. The third-order valence-corrected chi connectivity index (χ3v) is 7.83. The minimum Gasteiger partial charge on any atom is -0.497 e. The molecule has 3 aromatic carbocycles. The molecule has 37 heavy (non-hydrogen) atoms. The summed E-state index contributed by atoms with van der Waals surface area (Å²) in [7, 11) is 1.62. The Hall–Kier alpha value is -4.43. The van der Waals surface area contributed by atoms with E-state index in [-0.39, 0.29) is 35.5 Å². The predicted molar refractivity (Wildman–Crippen MR) is 144 cm³/mol. The van der Waals surface area contributed by atoms with E-state index in [1.54, 1.807) is 30.6 Å². The molecule has 0 radical (unpaired) electrons. The van der Waals surface area contributed by atoms with E-state index in [9.17, 15) is 9.59 Å². The third-order valence-electron chi connectivity index (χ3n) is 6.45. The van der Waals surface area contributed by atoms with Gasteiger partial charge in [0.25, 0.3) is 5.56 Å². The summed E-state index contributed by atoms with van der Waals surface area (Å²) < 4.78 is 12.8. The van der Waals surface area contributed by atoms with E-state index < -0.39 is 0 Å². The maximum Gasteiger partial charge on any atom is 0.258 e. The van der Waals surface area contributed by atoms with Gasteiger partial charge < -0.3 is 19.8 Å². The van der Waals surface area contributed by atoms with Crippen LogP contribution in [0.25, 0.3) is 10.1 Å². The molecule has 1 atom stereocenters. The zero-order valence-corrected chi connectivity index (χ0v) is 21.0. The number of fused-ring (bicyclic) bond motifs is 4. The number of hydrogen-bond acceptors (Lipinski definition) is 6. The second-order valence-electron chi connectivity index (χ2n) is 8.88. The van der Waals surface area contributed by atoms with Gasteiger partial charge in [0.15, 0.2) is 5.75 Å². The Labute approximate surface area is 216 Å². The highest BCUT2D eigenvalue weighted by atomic mass is 32.1. The maximum atomic E-state index is 13.5. The lowest BCUT2D eigenvalue weighted by Crippen LogP contribution is -2.26. The molecule has 0 aliphatic carbocycles. The van der Waals surface area contributed by atoms with Gasteiger partial charge in [0.2, 0.25) is 11.8 Å². The van der Waals surface area contributed by atoms with Crippen molar-refractivity contribution in [3.63, 3.8) is 0 Å². The second-order valence-corrected chi connectivity index (χ2v) is 9.93. The number of para-hydroxylation sites is 1. The number of rotatable bonds is 5. The molecule has 0 bridgehead atoms. The summed E-state index contributed by atoms with van der Waals surface area (Å²) in [5, 5.41) is 3.81. The van der Waals surface area contributed by atoms with E-state index in [4.69, 9.17) is 9.47 Å². The zero-order valence-electron chi connectivity index (χ0n) is 20.2. The number of aryl methyl sites for hydroxylation is 1. The Morgan fingerprint density at radius 1 is 1.08 bits per heavy atom. The first-order chi connectivity index (χ1) is 18.0. The minimum atomic E-state index is -0.370. The molecular formula is C29H23N3O4S. The first kappa shape index (κ1) is 23.0. The van der Waals surface area contributed by atoms with E-state index in [0.29, 0.717) is 17.0 Å². The van der Waals surface area contributed by atoms with Crippen LogP contribution in [0.1, 0.15) is 33.3 Å². The van der Waals surface area contributed by atoms with E-state index in [1.807, 2.05) is 54.6 Å². The molecule has 0 fully saturated rings. The van der Waals surface area contributed by atoms with Crippen molar-refractivity contribution in [2.24, 2.45) is 0 Å². The molecule has 0 saturated carbocycles. The van der Waals surface area contributed by atoms with Gasteiger partial charge in [-0.05, 0) is 48.4 Å². The number of hydrogen-bond donors (Lipinski definition) is 2. The number of anilines is 1. The monoisotopic (exact) mass is 509 g/mol. The summed E-state index contributed by atoms with van der Waals surface area (Å²) in [6.45, 7) is 2.06. The molecular weight excluding hydrogens is 486 g/mol. The SMILES string of the molecule is COc1ccc(C2c3sc4c(C)cccc4c3Oc3nc(CC(=O)Nc4ccccc4)[nH]c(=O)c32)cc1. The summed E-state index contributed by atoms with van der Waals surface area (Å²) in [5.74, 6) is 1.25. The van der Waals surface area contributed by atoms with Crippen LogP contribution in [-0.4, -0.2) is 23.0 Å². The van der Waals surface area contributed by atoms with Crippen molar-refractivity contribution in [3.05, 3.63) is 111 Å². The smallest absolute Gasteiger partial charge is 0.258 e. The normalized spacial score (nSPS) is 13.9. The highest BCUT2D eigenvalue weighted by molar-refractivity contribution is 7.19. The van der Waals surface area contributed by atoms with Crippen molar-refractivity contribution in [2.45, 2.75) is 19.3 Å². The van der Waals surface area contributed by atoms with Crippen molar-refractivity contribution in [2.75, 3.05) is 12.4 Å². The Kier molecular flexibility index (Phi) is 5.73. The summed E-state index contributed by atoms with van der Waals surface area (Å²) in [4.78, 5) is 34.5. The van der Waals surface area contributed by atoms with Gasteiger partial charge >= 0.3 is 0 Å². The van der Waals surface area contributed by atoms with Gasteiger partial charge in [0.05, 0.1) is 29.9 Å². The van der Waals surface area contributed by atoms with Crippen molar-refractivity contribution in [1.82, 2.24) is 9.97 Å². The number of ether oxygens (including phenoxy) is 2. The summed E-state index contributed by atoms with van der Waals surface area (Å²) in [6.07, 6.45) is -0.0929. The van der Waals surface area contributed by atoms with E-state index in [2.05, 4.69) is 28.3 Å². The number of nitrogens with one attached hydrogen (secondary N) is 2. The second kappa shape index (κ2) is 9.22. The molecule has 5 aromatic rings. The average molecular weight is 510 g/mol. The molecule has 0 spiro atoms. The Morgan fingerprint density at radius 2 is 1.86 bits per heavy atom. The first-order valence-electron chi connectivity index (χ1n) is 11.8. The largest absolute Gasteiger partial charge is 0.497 e. The fraction of sp³-hybridized carbons (Fsp3) is 0.138. The standard InChI is InChI=1S/C29H23N3O4S/c1-16-7-6-10-20-25-27(37-26(16)20)23(17-11-13-19(35-2)14-12-17)24-28(34)31-21(32-29(24)36-25)15-22(33)30-18-8-4-3-5-9-18/h3-14,23H,15H2,1-2H3,(H,30,33)(H,31,32,34). The number of amides is 1. The summed E-state index contributed by atoms with van der Waals surface area (Å²) >= 11 is 1.63. The first-order valence-corrected chi connectivity index (χ1v) is 12.7. The van der Waals surface area contributed by atoms with Gasteiger partial charge in [-0.15, -0.1) is 11.3 Å². The van der Waals surface area contributed by atoms with Crippen molar-refractivity contribution in [3.8, 4) is 17.4 Å². The average Bonchev–Trinajstić information content (AvgIpc) is 3.27.